The van der Waals surface area contributed by atoms with Gasteiger partial charge in [-0.2, -0.15) is 0 Å². The molecule has 0 saturated carbocycles. The van der Waals surface area contributed by atoms with Crippen LogP contribution in [-0.4, -0.2) is 34.8 Å². The van der Waals surface area contributed by atoms with Gasteiger partial charge in [0, 0.05) is 43.2 Å². The number of nitrogens with zero attached hydrogens (tertiary/aromatic N) is 2. The van der Waals surface area contributed by atoms with Gasteiger partial charge in [0.15, 0.2) is 0 Å². The van der Waals surface area contributed by atoms with E-state index in [0.29, 0.717) is 19.5 Å². The molecular weight excluding hydrogens is 266 g/mol. The van der Waals surface area contributed by atoms with Crippen LogP contribution in [0.25, 0.3) is 10.8 Å². The fourth-order valence-corrected chi connectivity index (χ4v) is 2.69. The number of amides is 2. The van der Waals surface area contributed by atoms with Crippen LogP contribution in [0.15, 0.2) is 36.5 Å². The average Bonchev–Trinajstić information content (AvgIpc) is 2.86. The lowest BCUT2D eigenvalue weighted by Crippen LogP contribution is -2.30. The van der Waals surface area contributed by atoms with Gasteiger partial charge in [-0.05, 0) is 11.5 Å². The van der Waals surface area contributed by atoms with Crippen molar-refractivity contribution in [3.05, 3.63) is 42.2 Å². The van der Waals surface area contributed by atoms with Gasteiger partial charge in [-0.3, -0.25) is 14.6 Å². The lowest BCUT2D eigenvalue weighted by atomic mass is 10.1. The monoisotopic (exact) mass is 283 g/mol. The van der Waals surface area contributed by atoms with Crippen LogP contribution in [0.4, 0.5) is 0 Å². The molecule has 1 fully saturated rings. The van der Waals surface area contributed by atoms with Crippen molar-refractivity contribution in [2.75, 3.05) is 13.1 Å². The van der Waals surface area contributed by atoms with Gasteiger partial charge in [0.05, 0.1) is 5.92 Å². The summed E-state index contributed by atoms with van der Waals surface area (Å²) in [6.45, 7) is 1.01. The molecule has 1 aromatic heterocycles. The number of carbonyl (C=O) groups is 2. The van der Waals surface area contributed by atoms with E-state index in [2.05, 4.69) is 4.98 Å². The van der Waals surface area contributed by atoms with E-state index in [0.717, 1.165) is 16.5 Å². The van der Waals surface area contributed by atoms with Gasteiger partial charge in [-0.25, -0.2) is 0 Å². The largest absolute Gasteiger partial charge is 0.369 e. The highest BCUT2D eigenvalue weighted by atomic mass is 16.2. The van der Waals surface area contributed by atoms with E-state index >= 15 is 0 Å². The maximum Gasteiger partial charge on any atom is 0.223 e. The average molecular weight is 283 g/mol. The molecule has 3 rings (SSSR count). The van der Waals surface area contributed by atoms with Crippen molar-refractivity contribution in [1.29, 1.82) is 0 Å². The van der Waals surface area contributed by atoms with E-state index in [1.807, 2.05) is 36.5 Å². The first-order valence-electron chi connectivity index (χ1n) is 7.04. The fraction of sp³-hybridized carbons (Fsp3) is 0.312. The molecule has 5 heteroatoms. The Balaban J connectivity index is 1.66. The van der Waals surface area contributed by atoms with E-state index in [1.54, 1.807) is 4.90 Å². The van der Waals surface area contributed by atoms with Gasteiger partial charge in [0.25, 0.3) is 0 Å². The summed E-state index contributed by atoms with van der Waals surface area (Å²) < 4.78 is 0. The van der Waals surface area contributed by atoms with E-state index in [4.69, 9.17) is 5.73 Å². The minimum Gasteiger partial charge on any atom is -0.369 e. The zero-order valence-corrected chi connectivity index (χ0v) is 11.7. The summed E-state index contributed by atoms with van der Waals surface area (Å²) >= 11 is 0. The number of hydrogen-bond acceptors (Lipinski definition) is 3. The van der Waals surface area contributed by atoms with Crippen molar-refractivity contribution in [3.63, 3.8) is 0 Å². The molecule has 2 aromatic rings. The second kappa shape index (κ2) is 5.52. The number of pyridine rings is 1. The Kier molecular flexibility index (Phi) is 3.56. The van der Waals surface area contributed by atoms with Crippen LogP contribution in [0.1, 0.15) is 12.1 Å². The predicted molar refractivity (Wildman–Crippen MR) is 79.3 cm³/mol. The Labute approximate surface area is 122 Å². The summed E-state index contributed by atoms with van der Waals surface area (Å²) in [6, 6.07) is 10.1. The van der Waals surface area contributed by atoms with Crippen LogP contribution in [0.2, 0.25) is 0 Å². The summed E-state index contributed by atoms with van der Waals surface area (Å²) in [7, 11) is 0. The first-order chi connectivity index (χ1) is 10.1. The Bertz CT molecular complexity index is 699. The van der Waals surface area contributed by atoms with Crippen molar-refractivity contribution >= 4 is 22.6 Å². The number of rotatable bonds is 4. The number of primary amides is 1. The molecular formula is C16H17N3O2. The zero-order valence-electron chi connectivity index (χ0n) is 11.7. The quantitative estimate of drug-likeness (QED) is 0.913. The highest BCUT2D eigenvalue weighted by molar-refractivity contribution is 5.88. The van der Waals surface area contributed by atoms with Crippen molar-refractivity contribution in [1.82, 2.24) is 9.88 Å². The summed E-state index contributed by atoms with van der Waals surface area (Å²) in [5.41, 5.74) is 6.21. The summed E-state index contributed by atoms with van der Waals surface area (Å²) in [4.78, 5) is 29.1. The first kappa shape index (κ1) is 13.5. The van der Waals surface area contributed by atoms with Gasteiger partial charge in [0.2, 0.25) is 11.8 Å². The number of benzene rings is 1. The summed E-state index contributed by atoms with van der Waals surface area (Å²) in [5, 5.41) is 2.25. The molecule has 2 heterocycles. The number of carbonyl (C=O) groups excluding carboxylic acids is 2. The van der Waals surface area contributed by atoms with Crippen molar-refractivity contribution in [3.8, 4) is 0 Å². The summed E-state index contributed by atoms with van der Waals surface area (Å²) in [5.74, 6) is -0.740. The Morgan fingerprint density at radius 1 is 1.33 bits per heavy atom. The Hall–Kier alpha value is -2.43. The van der Waals surface area contributed by atoms with Crippen molar-refractivity contribution in [2.24, 2.45) is 11.7 Å². The van der Waals surface area contributed by atoms with E-state index in [9.17, 15) is 9.59 Å². The maximum absolute atomic E-state index is 11.8. The zero-order chi connectivity index (χ0) is 14.8. The minimum atomic E-state index is -0.394. The van der Waals surface area contributed by atoms with Gasteiger partial charge in [-0.15, -0.1) is 0 Å². The lowest BCUT2D eigenvalue weighted by Gasteiger charge is -2.15. The van der Waals surface area contributed by atoms with Crippen LogP contribution in [0.3, 0.4) is 0 Å². The SMILES string of the molecule is NC(=O)C1CC(=O)N(CCc2cc3ccccc3cn2)C1. The third-order valence-electron chi connectivity index (χ3n) is 3.94. The molecule has 0 aliphatic carbocycles. The molecule has 1 aliphatic rings. The Morgan fingerprint density at radius 2 is 2.10 bits per heavy atom. The van der Waals surface area contributed by atoms with E-state index in [-0.39, 0.29) is 18.2 Å². The highest BCUT2D eigenvalue weighted by Crippen LogP contribution is 2.18. The lowest BCUT2D eigenvalue weighted by molar-refractivity contribution is -0.128. The molecule has 1 aromatic carbocycles. The van der Waals surface area contributed by atoms with Crippen molar-refractivity contribution < 1.29 is 9.59 Å². The molecule has 1 saturated heterocycles. The van der Waals surface area contributed by atoms with Gasteiger partial charge < -0.3 is 10.6 Å². The Morgan fingerprint density at radius 3 is 2.81 bits per heavy atom. The molecule has 1 aliphatic heterocycles. The molecule has 2 N–H and O–H groups in total. The van der Waals surface area contributed by atoms with Crippen LogP contribution < -0.4 is 5.73 Å². The standard InChI is InChI=1S/C16H17N3O2/c17-16(21)13-8-15(20)19(10-13)6-5-14-7-11-3-1-2-4-12(11)9-18-14/h1-4,7,9,13H,5-6,8,10H2,(H2,17,21). The molecule has 1 unspecified atom stereocenters. The maximum atomic E-state index is 11.8. The highest BCUT2D eigenvalue weighted by Gasteiger charge is 2.32. The number of aromatic nitrogens is 1. The first-order valence-corrected chi connectivity index (χ1v) is 7.04. The third-order valence-corrected chi connectivity index (χ3v) is 3.94. The molecule has 1 atom stereocenters. The molecule has 5 nitrogen and oxygen atoms in total. The smallest absolute Gasteiger partial charge is 0.223 e. The molecule has 2 amide bonds. The summed E-state index contributed by atoms with van der Waals surface area (Å²) in [6.07, 6.45) is 2.77. The topological polar surface area (TPSA) is 76.3 Å². The number of hydrogen-bond donors (Lipinski definition) is 1. The number of nitrogens with two attached hydrogens (primary N) is 1. The molecule has 21 heavy (non-hydrogen) atoms. The van der Waals surface area contributed by atoms with Crippen LogP contribution in [0.5, 0.6) is 0 Å². The number of fused-ring (bicyclic) bond motifs is 1. The number of likely N-dealkylation sites (tertiary alicyclic amines) is 1. The minimum absolute atomic E-state index is 0.000380. The third kappa shape index (κ3) is 2.86. The van der Waals surface area contributed by atoms with Crippen LogP contribution >= 0.6 is 0 Å². The predicted octanol–water partition coefficient (Wildman–Crippen LogP) is 1.11. The van der Waals surface area contributed by atoms with E-state index < -0.39 is 5.91 Å². The van der Waals surface area contributed by atoms with Gasteiger partial charge in [0.1, 0.15) is 0 Å². The van der Waals surface area contributed by atoms with Crippen LogP contribution in [0, 0.1) is 5.92 Å². The fourth-order valence-electron chi connectivity index (χ4n) is 2.69. The molecule has 0 radical (unpaired) electrons. The molecule has 0 bridgehead atoms. The normalized spacial score (nSPS) is 18.4. The molecule has 0 spiro atoms. The van der Waals surface area contributed by atoms with E-state index in [1.165, 1.54) is 0 Å². The van der Waals surface area contributed by atoms with Gasteiger partial charge >= 0.3 is 0 Å². The second-order valence-corrected chi connectivity index (χ2v) is 5.42. The van der Waals surface area contributed by atoms with Gasteiger partial charge in [-0.1, -0.05) is 24.3 Å². The molecule has 108 valence electrons. The second-order valence-electron chi connectivity index (χ2n) is 5.42. The van der Waals surface area contributed by atoms with Crippen molar-refractivity contribution in [2.45, 2.75) is 12.8 Å². The van der Waals surface area contributed by atoms with Crippen LogP contribution in [-0.2, 0) is 16.0 Å².